The summed E-state index contributed by atoms with van der Waals surface area (Å²) in [6, 6.07) is 8.11. The summed E-state index contributed by atoms with van der Waals surface area (Å²) in [6.45, 7) is 3.06. The van der Waals surface area contributed by atoms with Crippen molar-refractivity contribution in [3.05, 3.63) is 29.8 Å². The summed E-state index contributed by atoms with van der Waals surface area (Å²) in [4.78, 5) is 0. The van der Waals surface area contributed by atoms with E-state index in [0.29, 0.717) is 5.25 Å². The van der Waals surface area contributed by atoms with E-state index >= 15 is 0 Å². The van der Waals surface area contributed by atoms with Crippen molar-refractivity contribution in [1.82, 2.24) is 0 Å². The second-order valence-corrected chi connectivity index (χ2v) is 4.98. The SMILES string of the molecule is COCCCSC(C)c1cccc(N)c1. The molecule has 0 aliphatic rings. The van der Waals surface area contributed by atoms with Crippen LogP contribution in [0.3, 0.4) is 0 Å². The fraction of sp³-hybridized carbons (Fsp3) is 0.500. The number of nitrogens with two attached hydrogens (primary N) is 1. The molecular weight excluding hydrogens is 206 g/mol. The van der Waals surface area contributed by atoms with Crippen molar-refractivity contribution in [2.45, 2.75) is 18.6 Å². The van der Waals surface area contributed by atoms with E-state index in [1.54, 1.807) is 7.11 Å². The molecule has 0 fully saturated rings. The summed E-state index contributed by atoms with van der Waals surface area (Å²) in [7, 11) is 1.74. The van der Waals surface area contributed by atoms with Gasteiger partial charge in [0.1, 0.15) is 0 Å². The number of benzene rings is 1. The van der Waals surface area contributed by atoms with Crippen LogP contribution >= 0.6 is 11.8 Å². The van der Waals surface area contributed by atoms with Crippen LogP contribution in [0.25, 0.3) is 0 Å². The Hall–Kier alpha value is -0.670. The van der Waals surface area contributed by atoms with Gasteiger partial charge in [0.25, 0.3) is 0 Å². The van der Waals surface area contributed by atoms with Crippen molar-refractivity contribution < 1.29 is 4.74 Å². The second-order valence-electron chi connectivity index (χ2n) is 3.53. The minimum Gasteiger partial charge on any atom is -0.399 e. The molecule has 3 heteroatoms. The number of rotatable bonds is 6. The summed E-state index contributed by atoms with van der Waals surface area (Å²) < 4.78 is 5.02. The molecule has 1 rings (SSSR count). The molecule has 0 saturated heterocycles. The lowest BCUT2D eigenvalue weighted by atomic mass is 10.1. The van der Waals surface area contributed by atoms with Crippen LogP contribution in [0.5, 0.6) is 0 Å². The quantitative estimate of drug-likeness (QED) is 0.597. The Bertz CT molecular complexity index is 291. The lowest BCUT2D eigenvalue weighted by molar-refractivity contribution is 0.200. The Labute approximate surface area is 96.2 Å². The van der Waals surface area contributed by atoms with Gasteiger partial charge in [0.2, 0.25) is 0 Å². The molecule has 1 atom stereocenters. The Kier molecular flexibility index (Phi) is 5.58. The van der Waals surface area contributed by atoms with Crippen LogP contribution in [0.2, 0.25) is 0 Å². The highest BCUT2D eigenvalue weighted by atomic mass is 32.2. The third-order valence-corrected chi connectivity index (χ3v) is 3.54. The van der Waals surface area contributed by atoms with Crippen molar-refractivity contribution >= 4 is 17.4 Å². The van der Waals surface area contributed by atoms with E-state index in [-0.39, 0.29) is 0 Å². The summed E-state index contributed by atoms with van der Waals surface area (Å²) in [5.74, 6) is 1.13. The Morgan fingerprint density at radius 1 is 1.47 bits per heavy atom. The average Bonchev–Trinajstić information content (AvgIpc) is 2.24. The minimum absolute atomic E-state index is 0.505. The summed E-state index contributed by atoms with van der Waals surface area (Å²) in [5.41, 5.74) is 7.89. The van der Waals surface area contributed by atoms with Crippen LogP contribution in [0.15, 0.2) is 24.3 Å². The molecule has 0 radical (unpaired) electrons. The molecule has 1 unspecified atom stereocenters. The highest BCUT2D eigenvalue weighted by Gasteiger charge is 2.05. The number of hydrogen-bond acceptors (Lipinski definition) is 3. The van der Waals surface area contributed by atoms with Gasteiger partial charge in [-0.1, -0.05) is 12.1 Å². The van der Waals surface area contributed by atoms with Gasteiger partial charge in [0.05, 0.1) is 0 Å². The highest BCUT2D eigenvalue weighted by Crippen LogP contribution is 2.29. The molecule has 0 saturated carbocycles. The maximum Gasteiger partial charge on any atom is 0.0470 e. The van der Waals surface area contributed by atoms with E-state index < -0.39 is 0 Å². The molecule has 0 amide bonds. The first-order valence-electron chi connectivity index (χ1n) is 5.20. The summed E-state index contributed by atoms with van der Waals surface area (Å²) in [5, 5.41) is 0.505. The van der Waals surface area contributed by atoms with E-state index in [9.17, 15) is 0 Å². The fourth-order valence-electron chi connectivity index (χ4n) is 1.37. The van der Waals surface area contributed by atoms with Crippen molar-refractivity contribution in [3.63, 3.8) is 0 Å². The zero-order valence-electron chi connectivity index (χ0n) is 9.40. The number of nitrogen functional groups attached to an aromatic ring is 1. The minimum atomic E-state index is 0.505. The monoisotopic (exact) mass is 225 g/mol. The van der Waals surface area contributed by atoms with Gasteiger partial charge in [-0.3, -0.25) is 0 Å². The number of ether oxygens (including phenoxy) is 1. The van der Waals surface area contributed by atoms with Gasteiger partial charge in [-0.2, -0.15) is 11.8 Å². The van der Waals surface area contributed by atoms with Crippen LogP contribution in [0.1, 0.15) is 24.2 Å². The molecule has 0 aromatic heterocycles. The van der Waals surface area contributed by atoms with E-state index in [2.05, 4.69) is 13.0 Å². The van der Waals surface area contributed by atoms with Crippen LogP contribution in [-0.4, -0.2) is 19.5 Å². The van der Waals surface area contributed by atoms with Crippen molar-refractivity contribution in [2.75, 3.05) is 25.2 Å². The normalized spacial score (nSPS) is 12.7. The largest absolute Gasteiger partial charge is 0.399 e. The zero-order valence-corrected chi connectivity index (χ0v) is 10.2. The maximum atomic E-state index is 5.74. The average molecular weight is 225 g/mol. The standard InChI is InChI=1S/C12H19NOS/c1-10(15-8-4-7-14-2)11-5-3-6-12(13)9-11/h3,5-6,9-10H,4,7-8,13H2,1-2H3. The fourth-order valence-corrected chi connectivity index (χ4v) is 2.35. The molecular formula is C12H19NOS. The lowest BCUT2D eigenvalue weighted by Gasteiger charge is -2.11. The molecule has 0 heterocycles. The van der Waals surface area contributed by atoms with Crippen molar-refractivity contribution in [3.8, 4) is 0 Å². The first-order chi connectivity index (χ1) is 7.24. The van der Waals surface area contributed by atoms with Gasteiger partial charge in [-0.05, 0) is 36.8 Å². The molecule has 2 N–H and O–H groups in total. The van der Waals surface area contributed by atoms with Gasteiger partial charge in [0, 0.05) is 24.7 Å². The summed E-state index contributed by atoms with van der Waals surface area (Å²) in [6.07, 6.45) is 1.10. The van der Waals surface area contributed by atoms with Crippen molar-refractivity contribution in [1.29, 1.82) is 0 Å². The van der Waals surface area contributed by atoms with Gasteiger partial charge in [-0.25, -0.2) is 0 Å². The number of anilines is 1. The van der Waals surface area contributed by atoms with Crippen LogP contribution in [-0.2, 0) is 4.74 Å². The molecule has 0 aliphatic carbocycles. The number of thioether (sulfide) groups is 1. The maximum absolute atomic E-state index is 5.74. The molecule has 1 aromatic carbocycles. The Balaban J connectivity index is 2.36. The van der Waals surface area contributed by atoms with Gasteiger partial charge in [-0.15, -0.1) is 0 Å². The third-order valence-electron chi connectivity index (χ3n) is 2.24. The molecule has 0 spiro atoms. The summed E-state index contributed by atoms with van der Waals surface area (Å²) >= 11 is 1.94. The van der Waals surface area contributed by atoms with Gasteiger partial charge >= 0.3 is 0 Å². The van der Waals surface area contributed by atoms with E-state index in [4.69, 9.17) is 10.5 Å². The van der Waals surface area contributed by atoms with Crippen LogP contribution in [0.4, 0.5) is 5.69 Å². The molecule has 2 nitrogen and oxygen atoms in total. The molecule has 0 bridgehead atoms. The van der Waals surface area contributed by atoms with E-state index in [1.807, 2.05) is 30.0 Å². The Morgan fingerprint density at radius 2 is 2.27 bits per heavy atom. The predicted octanol–water partition coefficient (Wildman–Crippen LogP) is 3.10. The first kappa shape index (κ1) is 12.4. The lowest BCUT2D eigenvalue weighted by Crippen LogP contribution is -1.95. The van der Waals surface area contributed by atoms with Crippen LogP contribution in [0, 0.1) is 0 Å². The molecule has 1 aromatic rings. The molecule has 15 heavy (non-hydrogen) atoms. The smallest absolute Gasteiger partial charge is 0.0470 e. The third kappa shape index (κ3) is 4.58. The second kappa shape index (κ2) is 6.75. The number of methoxy groups -OCH3 is 1. The highest BCUT2D eigenvalue weighted by molar-refractivity contribution is 7.99. The van der Waals surface area contributed by atoms with E-state index in [1.165, 1.54) is 5.56 Å². The Morgan fingerprint density at radius 3 is 2.93 bits per heavy atom. The van der Waals surface area contributed by atoms with E-state index in [0.717, 1.165) is 24.5 Å². The van der Waals surface area contributed by atoms with Crippen molar-refractivity contribution in [2.24, 2.45) is 0 Å². The molecule has 0 aliphatic heterocycles. The molecule has 84 valence electrons. The van der Waals surface area contributed by atoms with Gasteiger partial charge in [0.15, 0.2) is 0 Å². The number of hydrogen-bond donors (Lipinski definition) is 1. The zero-order chi connectivity index (χ0) is 11.1. The van der Waals surface area contributed by atoms with Crippen LogP contribution < -0.4 is 5.73 Å². The predicted molar refractivity (Wildman–Crippen MR) is 68.2 cm³/mol. The topological polar surface area (TPSA) is 35.2 Å². The van der Waals surface area contributed by atoms with Gasteiger partial charge < -0.3 is 10.5 Å². The first-order valence-corrected chi connectivity index (χ1v) is 6.25.